The van der Waals surface area contributed by atoms with E-state index < -0.39 is 5.56 Å². The monoisotopic (exact) mass is 348 g/mol. The second-order valence-electron chi connectivity index (χ2n) is 5.42. The zero-order valence-electron chi connectivity index (χ0n) is 13.0. The lowest BCUT2D eigenvalue weighted by atomic mass is 10.1. The standard InChI is InChI=1S/C18H12N4O2S/c23-16-14(10-12-4-2-1-3-5-12)21-22-17(24)15(25-18(22)20-16)11-13-6-8-19-9-7-13/h1-9,11H,10H2/b15-11-. The highest BCUT2D eigenvalue weighted by molar-refractivity contribution is 7.15. The zero-order chi connectivity index (χ0) is 17.2. The summed E-state index contributed by atoms with van der Waals surface area (Å²) in [7, 11) is 0. The summed E-state index contributed by atoms with van der Waals surface area (Å²) in [6.45, 7) is 0. The van der Waals surface area contributed by atoms with E-state index in [9.17, 15) is 9.59 Å². The van der Waals surface area contributed by atoms with Crippen LogP contribution in [0.5, 0.6) is 0 Å². The summed E-state index contributed by atoms with van der Waals surface area (Å²) in [4.78, 5) is 33.1. The molecule has 3 heterocycles. The van der Waals surface area contributed by atoms with Crippen LogP contribution in [-0.2, 0) is 6.42 Å². The largest absolute Gasteiger partial charge is 0.296 e. The molecular weight excluding hydrogens is 336 g/mol. The highest BCUT2D eigenvalue weighted by Gasteiger charge is 2.11. The predicted octanol–water partition coefficient (Wildman–Crippen LogP) is 1.04. The molecule has 0 radical (unpaired) electrons. The molecule has 0 atom stereocenters. The lowest BCUT2D eigenvalue weighted by Gasteiger charge is -1.99. The van der Waals surface area contributed by atoms with E-state index in [0.717, 1.165) is 22.5 Å². The van der Waals surface area contributed by atoms with E-state index in [1.807, 2.05) is 30.3 Å². The van der Waals surface area contributed by atoms with Gasteiger partial charge in [-0.3, -0.25) is 14.6 Å². The Morgan fingerprint density at radius 3 is 2.56 bits per heavy atom. The SMILES string of the molecule is O=c1nc2s/c(=C\c3ccncc3)c(=O)n2nc1Cc1ccccc1. The minimum Gasteiger partial charge on any atom is -0.266 e. The smallest absolute Gasteiger partial charge is 0.266 e. The summed E-state index contributed by atoms with van der Waals surface area (Å²) in [5.41, 5.74) is 1.37. The normalized spacial score (nSPS) is 11.9. The van der Waals surface area contributed by atoms with Gasteiger partial charge in [0.25, 0.3) is 11.1 Å². The van der Waals surface area contributed by atoms with Crippen LogP contribution in [0.25, 0.3) is 11.0 Å². The van der Waals surface area contributed by atoms with Crippen molar-refractivity contribution in [1.82, 2.24) is 19.6 Å². The van der Waals surface area contributed by atoms with E-state index in [1.165, 1.54) is 4.52 Å². The van der Waals surface area contributed by atoms with Crippen LogP contribution in [0.15, 0.2) is 64.4 Å². The fourth-order valence-corrected chi connectivity index (χ4v) is 3.36. The molecule has 4 rings (SSSR count). The molecule has 0 saturated heterocycles. The van der Waals surface area contributed by atoms with Crippen LogP contribution >= 0.6 is 11.3 Å². The average Bonchev–Trinajstić information content (AvgIpc) is 2.92. The number of thiazole rings is 1. The molecule has 4 aromatic rings. The Bertz CT molecular complexity index is 1200. The molecule has 1 aromatic carbocycles. The van der Waals surface area contributed by atoms with Gasteiger partial charge in [-0.2, -0.15) is 14.6 Å². The highest BCUT2D eigenvalue weighted by Crippen LogP contribution is 2.05. The minimum absolute atomic E-state index is 0.258. The van der Waals surface area contributed by atoms with E-state index >= 15 is 0 Å². The maximum absolute atomic E-state index is 12.6. The zero-order valence-corrected chi connectivity index (χ0v) is 13.8. The van der Waals surface area contributed by atoms with Gasteiger partial charge in [-0.05, 0) is 29.3 Å². The molecule has 0 unspecified atom stereocenters. The van der Waals surface area contributed by atoms with Gasteiger partial charge in [0.15, 0.2) is 0 Å². The molecule has 6 nitrogen and oxygen atoms in total. The molecule has 0 fully saturated rings. The third kappa shape index (κ3) is 3.09. The Kier molecular flexibility index (Phi) is 3.91. The molecule has 0 N–H and O–H groups in total. The first-order valence-corrected chi connectivity index (χ1v) is 8.41. The Balaban J connectivity index is 1.84. The van der Waals surface area contributed by atoms with Crippen molar-refractivity contribution >= 4 is 22.4 Å². The average molecular weight is 348 g/mol. The van der Waals surface area contributed by atoms with Crippen molar-refractivity contribution in [3.05, 3.63) is 96.9 Å². The van der Waals surface area contributed by atoms with E-state index in [2.05, 4.69) is 15.1 Å². The molecule has 25 heavy (non-hydrogen) atoms. The third-order valence-corrected chi connectivity index (χ3v) is 4.63. The summed E-state index contributed by atoms with van der Waals surface area (Å²) in [6, 6.07) is 13.1. The second-order valence-corrected chi connectivity index (χ2v) is 6.43. The van der Waals surface area contributed by atoms with Gasteiger partial charge in [0.2, 0.25) is 4.96 Å². The van der Waals surface area contributed by atoms with Crippen molar-refractivity contribution in [2.75, 3.05) is 0 Å². The Morgan fingerprint density at radius 2 is 1.80 bits per heavy atom. The van der Waals surface area contributed by atoms with Gasteiger partial charge < -0.3 is 0 Å². The lowest BCUT2D eigenvalue weighted by Crippen LogP contribution is -2.28. The first-order valence-electron chi connectivity index (χ1n) is 7.59. The van der Waals surface area contributed by atoms with E-state index in [1.54, 1.807) is 30.6 Å². The molecule has 0 amide bonds. The second kappa shape index (κ2) is 6.37. The van der Waals surface area contributed by atoms with Gasteiger partial charge in [0.1, 0.15) is 5.69 Å². The Labute approximate surface area is 145 Å². The third-order valence-electron chi connectivity index (χ3n) is 3.67. The fraction of sp³-hybridized carbons (Fsp3) is 0.0556. The van der Waals surface area contributed by atoms with Crippen molar-refractivity contribution in [1.29, 1.82) is 0 Å². The minimum atomic E-state index is -0.402. The number of pyridine rings is 1. The molecule has 0 aliphatic carbocycles. The molecule has 0 saturated carbocycles. The lowest BCUT2D eigenvalue weighted by molar-refractivity contribution is 0.811. The molecule has 3 aromatic heterocycles. The van der Waals surface area contributed by atoms with Crippen LogP contribution in [0.3, 0.4) is 0 Å². The molecule has 7 heteroatoms. The van der Waals surface area contributed by atoms with Gasteiger partial charge in [-0.1, -0.05) is 41.7 Å². The van der Waals surface area contributed by atoms with Crippen molar-refractivity contribution in [2.45, 2.75) is 6.42 Å². The van der Waals surface area contributed by atoms with Crippen LogP contribution in [0.1, 0.15) is 16.8 Å². The molecule has 122 valence electrons. The quantitative estimate of drug-likeness (QED) is 0.553. The molecule has 0 spiro atoms. The topological polar surface area (TPSA) is 77.2 Å². The first-order chi connectivity index (χ1) is 12.2. The maximum atomic E-state index is 12.6. The van der Waals surface area contributed by atoms with E-state index in [0.29, 0.717) is 15.9 Å². The number of nitrogens with zero attached hydrogens (tertiary/aromatic N) is 4. The number of aromatic nitrogens is 4. The Morgan fingerprint density at radius 1 is 1.04 bits per heavy atom. The van der Waals surface area contributed by atoms with Crippen LogP contribution in [-0.4, -0.2) is 19.6 Å². The van der Waals surface area contributed by atoms with Crippen LogP contribution in [0.4, 0.5) is 0 Å². The summed E-state index contributed by atoms with van der Waals surface area (Å²) in [5, 5.41) is 4.24. The number of rotatable bonds is 3. The van der Waals surface area contributed by atoms with E-state index in [-0.39, 0.29) is 11.3 Å². The number of benzene rings is 1. The maximum Gasteiger partial charge on any atom is 0.296 e. The Hall–Kier alpha value is -3.19. The van der Waals surface area contributed by atoms with E-state index in [4.69, 9.17) is 0 Å². The van der Waals surface area contributed by atoms with Crippen LogP contribution < -0.4 is 15.7 Å². The number of fused-ring (bicyclic) bond motifs is 1. The fourth-order valence-electron chi connectivity index (χ4n) is 2.45. The van der Waals surface area contributed by atoms with Crippen LogP contribution in [0, 0.1) is 0 Å². The van der Waals surface area contributed by atoms with Gasteiger partial charge in [-0.25, -0.2) is 0 Å². The molecule has 0 aliphatic heterocycles. The highest BCUT2D eigenvalue weighted by atomic mass is 32.1. The van der Waals surface area contributed by atoms with Gasteiger partial charge in [0, 0.05) is 18.8 Å². The van der Waals surface area contributed by atoms with Crippen molar-refractivity contribution in [2.24, 2.45) is 0 Å². The summed E-state index contributed by atoms with van der Waals surface area (Å²) in [6.07, 6.45) is 5.39. The molecule has 0 bridgehead atoms. The summed E-state index contributed by atoms with van der Waals surface area (Å²) >= 11 is 1.15. The molecular formula is C18H12N4O2S. The summed E-state index contributed by atoms with van der Waals surface area (Å²) < 4.78 is 1.68. The number of hydrogen-bond acceptors (Lipinski definition) is 6. The van der Waals surface area contributed by atoms with Crippen molar-refractivity contribution in [3.8, 4) is 0 Å². The summed E-state index contributed by atoms with van der Waals surface area (Å²) in [5.74, 6) is 0. The first kappa shape index (κ1) is 15.3. The van der Waals surface area contributed by atoms with Gasteiger partial charge >= 0.3 is 0 Å². The van der Waals surface area contributed by atoms with Crippen molar-refractivity contribution < 1.29 is 0 Å². The van der Waals surface area contributed by atoms with Gasteiger partial charge in [-0.15, -0.1) is 0 Å². The van der Waals surface area contributed by atoms with Gasteiger partial charge in [0.05, 0.1) is 4.53 Å². The van der Waals surface area contributed by atoms with Crippen LogP contribution in [0.2, 0.25) is 0 Å². The number of hydrogen-bond donors (Lipinski definition) is 0. The van der Waals surface area contributed by atoms with Crippen molar-refractivity contribution in [3.63, 3.8) is 0 Å². The predicted molar refractivity (Wildman–Crippen MR) is 95.7 cm³/mol. The molecule has 0 aliphatic rings.